The summed E-state index contributed by atoms with van der Waals surface area (Å²) in [6.07, 6.45) is 5.11. The number of nitrogens with one attached hydrogen (secondary N) is 3. The Kier molecular flexibility index (Phi) is 5.74. The number of carbonyl (C=O) groups is 2. The van der Waals surface area contributed by atoms with Gasteiger partial charge in [0.05, 0.1) is 6.04 Å². The van der Waals surface area contributed by atoms with Crippen molar-refractivity contribution in [3.05, 3.63) is 35.4 Å². The molecule has 2 atom stereocenters. The van der Waals surface area contributed by atoms with Gasteiger partial charge in [-0.2, -0.15) is 0 Å². The van der Waals surface area contributed by atoms with Crippen molar-refractivity contribution in [2.45, 2.75) is 70.6 Å². The van der Waals surface area contributed by atoms with Crippen LogP contribution in [0.3, 0.4) is 0 Å². The summed E-state index contributed by atoms with van der Waals surface area (Å²) in [7, 11) is 0. The third-order valence-corrected chi connectivity index (χ3v) is 5.35. The average molecular weight is 343 g/mol. The summed E-state index contributed by atoms with van der Waals surface area (Å²) in [6, 6.07) is 7.69. The predicted octanol–water partition coefficient (Wildman–Crippen LogP) is 1.90. The Morgan fingerprint density at radius 3 is 2.48 bits per heavy atom. The maximum Gasteiger partial charge on any atom is 0.243 e. The number of rotatable bonds is 5. The van der Waals surface area contributed by atoms with Crippen LogP contribution in [0, 0.1) is 5.92 Å². The first-order chi connectivity index (χ1) is 12.0. The van der Waals surface area contributed by atoms with Gasteiger partial charge in [-0.05, 0) is 36.3 Å². The molecule has 1 aromatic carbocycles. The molecule has 2 aliphatic rings. The number of carbonyl (C=O) groups excluding carboxylic acids is 2. The van der Waals surface area contributed by atoms with Crippen LogP contribution in [0.4, 0.5) is 0 Å². The minimum absolute atomic E-state index is 0.0496. The van der Waals surface area contributed by atoms with E-state index in [-0.39, 0.29) is 29.8 Å². The van der Waals surface area contributed by atoms with Crippen LogP contribution in [0.1, 0.15) is 50.7 Å². The highest BCUT2D eigenvalue weighted by Crippen LogP contribution is 2.19. The zero-order chi connectivity index (χ0) is 17.8. The lowest BCUT2D eigenvalue weighted by molar-refractivity contribution is -0.131. The van der Waals surface area contributed by atoms with E-state index >= 15 is 0 Å². The lowest BCUT2D eigenvalue weighted by Crippen LogP contribution is -2.56. The molecule has 0 bridgehead atoms. The quantitative estimate of drug-likeness (QED) is 0.765. The topological polar surface area (TPSA) is 70.2 Å². The highest BCUT2D eigenvalue weighted by molar-refractivity contribution is 5.90. The Morgan fingerprint density at radius 2 is 1.80 bits per heavy atom. The fourth-order valence-corrected chi connectivity index (χ4v) is 3.79. The summed E-state index contributed by atoms with van der Waals surface area (Å²) in [5, 5.41) is 9.38. The van der Waals surface area contributed by atoms with E-state index in [9.17, 15) is 9.59 Å². The molecule has 1 aromatic rings. The van der Waals surface area contributed by atoms with Gasteiger partial charge < -0.3 is 16.0 Å². The van der Waals surface area contributed by atoms with Crippen LogP contribution in [0.25, 0.3) is 0 Å². The molecule has 1 aliphatic heterocycles. The molecule has 3 N–H and O–H groups in total. The zero-order valence-electron chi connectivity index (χ0n) is 15.2. The SMILES string of the molecule is CC(C)[C@@H](NC(=O)[C@H]1Cc2ccccc2CN1)C(=O)NC1CCCC1. The van der Waals surface area contributed by atoms with E-state index in [0.717, 1.165) is 12.8 Å². The van der Waals surface area contributed by atoms with Gasteiger partial charge in [0.1, 0.15) is 6.04 Å². The fraction of sp³-hybridized carbons (Fsp3) is 0.600. The third-order valence-electron chi connectivity index (χ3n) is 5.35. The second-order valence-electron chi connectivity index (χ2n) is 7.63. The number of fused-ring (bicyclic) bond motifs is 1. The minimum Gasteiger partial charge on any atom is -0.352 e. The molecule has 5 heteroatoms. The highest BCUT2D eigenvalue weighted by atomic mass is 16.2. The van der Waals surface area contributed by atoms with Gasteiger partial charge in [-0.1, -0.05) is 51.0 Å². The predicted molar refractivity (Wildman–Crippen MR) is 97.9 cm³/mol. The van der Waals surface area contributed by atoms with E-state index in [2.05, 4.69) is 28.1 Å². The van der Waals surface area contributed by atoms with E-state index < -0.39 is 6.04 Å². The fourth-order valence-electron chi connectivity index (χ4n) is 3.79. The molecule has 1 fully saturated rings. The maximum atomic E-state index is 12.7. The normalized spacial score (nSPS) is 21.6. The first-order valence-electron chi connectivity index (χ1n) is 9.45. The van der Waals surface area contributed by atoms with Gasteiger partial charge in [-0.15, -0.1) is 0 Å². The van der Waals surface area contributed by atoms with Gasteiger partial charge >= 0.3 is 0 Å². The monoisotopic (exact) mass is 343 g/mol. The molecule has 1 aliphatic carbocycles. The van der Waals surface area contributed by atoms with Crippen LogP contribution in [-0.4, -0.2) is 29.9 Å². The Bertz CT molecular complexity index is 623. The van der Waals surface area contributed by atoms with Gasteiger partial charge in [-0.3, -0.25) is 9.59 Å². The largest absolute Gasteiger partial charge is 0.352 e. The first-order valence-corrected chi connectivity index (χ1v) is 9.45. The van der Waals surface area contributed by atoms with E-state index in [0.29, 0.717) is 13.0 Å². The van der Waals surface area contributed by atoms with Crippen molar-refractivity contribution < 1.29 is 9.59 Å². The Morgan fingerprint density at radius 1 is 1.12 bits per heavy atom. The molecule has 0 spiro atoms. The number of hydrogen-bond donors (Lipinski definition) is 3. The smallest absolute Gasteiger partial charge is 0.243 e. The second-order valence-corrected chi connectivity index (χ2v) is 7.63. The van der Waals surface area contributed by atoms with Crippen molar-refractivity contribution in [2.24, 2.45) is 5.92 Å². The van der Waals surface area contributed by atoms with Crippen molar-refractivity contribution in [1.29, 1.82) is 0 Å². The molecular formula is C20H29N3O2. The molecule has 5 nitrogen and oxygen atoms in total. The number of hydrogen-bond acceptors (Lipinski definition) is 3. The zero-order valence-corrected chi connectivity index (χ0v) is 15.2. The first kappa shape index (κ1) is 17.9. The standard InChI is InChI=1S/C20H29N3O2/c1-13(2)18(20(25)22-16-9-5-6-10-16)23-19(24)17-11-14-7-3-4-8-15(14)12-21-17/h3-4,7-8,13,16-18,21H,5-6,9-12H2,1-2H3,(H,22,25)(H,23,24)/t17-,18-/m1/s1. The summed E-state index contributed by atoms with van der Waals surface area (Å²) in [6.45, 7) is 4.64. The van der Waals surface area contributed by atoms with Crippen molar-refractivity contribution in [3.63, 3.8) is 0 Å². The molecule has 1 saturated carbocycles. The average Bonchev–Trinajstić information content (AvgIpc) is 3.11. The molecule has 0 aromatic heterocycles. The van der Waals surface area contributed by atoms with Crippen molar-refractivity contribution in [2.75, 3.05) is 0 Å². The molecule has 0 saturated heterocycles. The molecule has 1 heterocycles. The number of amides is 2. The molecular weight excluding hydrogens is 314 g/mol. The molecule has 0 radical (unpaired) electrons. The Hall–Kier alpha value is -1.88. The third kappa shape index (κ3) is 4.40. The van der Waals surface area contributed by atoms with Crippen molar-refractivity contribution in [3.8, 4) is 0 Å². The Labute approximate surface area is 150 Å². The van der Waals surface area contributed by atoms with Crippen molar-refractivity contribution >= 4 is 11.8 Å². The summed E-state index contributed by atoms with van der Waals surface area (Å²) < 4.78 is 0. The molecule has 136 valence electrons. The second kappa shape index (κ2) is 8.00. The van der Waals surface area contributed by atoms with E-state index in [1.54, 1.807) is 0 Å². The van der Waals surface area contributed by atoms with Gasteiger partial charge in [0, 0.05) is 12.6 Å². The van der Waals surface area contributed by atoms with Crippen LogP contribution in [-0.2, 0) is 22.6 Å². The van der Waals surface area contributed by atoms with Gasteiger partial charge in [0.15, 0.2) is 0 Å². The summed E-state index contributed by atoms with van der Waals surface area (Å²) in [5.74, 6) is -0.0811. The minimum atomic E-state index is -0.480. The molecule has 0 unspecified atom stereocenters. The van der Waals surface area contributed by atoms with Crippen LogP contribution >= 0.6 is 0 Å². The van der Waals surface area contributed by atoms with Crippen LogP contribution in [0.15, 0.2) is 24.3 Å². The highest BCUT2D eigenvalue weighted by Gasteiger charge is 2.31. The summed E-state index contributed by atoms with van der Waals surface area (Å²) >= 11 is 0. The maximum absolute atomic E-state index is 12.7. The van der Waals surface area contributed by atoms with Crippen LogP contribution in [0.5, 0.6) is 0 Å². The molecule has 2 amide bonds. The van der Waals surface area contributed by atoms with E-state index in [4.69, 9.17) is 0 Å². The van der Waals surface area contributed by atoms with Crippen molar-refractivity contribution in [1.82, 2.24) is 16.0 Å². The Balaban J connectivity index is 1.60. The van der Waals surface area contributed by atoms with Gasteiger partial charge in [0.2, 0.25) is 11.8 Å². The van der Waals surface area contributed by atoms with Gasteiger partial charge in [-0.25, -0.2) is 0 Å². The number of benzene rings is 1. The lowest BCUT2D eigenvalue weighted by Gasteiger charge is -2.29. The molecule has 25 heavy (non-hydrogen) atoms. The van der Waals surface area contributed by atoms with E-state index in [1.165, 1.54) is 24.0 Å². The van der Waals surface area contributed by atoms with Gasteiger partial charge in [0.25, 0.3) is 0 Å². The van der Waals surface area contributed by atoms with Crippen LogP contribution in [0.2, 0.25) is 0 Å². The molecule has 3 rings (SSSR count). The lowest BCUT2D eigenvalue weighted by atomic mass is 9.94. The van der Waals surface area contributed by atoms with Crippen LogP contribution < -0.4 is 16.0 Å². The summed E-state index contributed by atoms with van der Waals surface area (Å²) in [5.41, 5.74) is 2.45. The summed E-state index contributed by atoms with van der Waals surface area (Å²) in [4.78, 5) is 25.3. The van der Waals surface area contributed by atoms with E-state index in [1.807, 2.05) is 26.0 Å².